The predicted octanol–water partition coefficient (Wildman–Crippen LogP) is 3.31. The molecule has 0 aliphatic carbocycles. The van der Waals surface area contributed by atoms with Crippen LogP contribution in [0.3, 0.4) is 0 Å². The average Bonchev–Trinajstić information content (AvgIpc) is 2.73. The predicted molar refractivity (Wildman–Crippen MR) is 66.9 cm³/mol. The summed E-state index contributed by atoms with van der Waals surface area (Å²) in [7, 11) is 0. The molecule has 0 amide bonds. The summed E-state index contributed by atoms with van der Waals surface area (Å²) >= 11 is 0. The molecule has 1 heterocycles. The van der Waals surface area contributed by atoms with E-state index in [-0.39, 0.29) is 5.82 Å². The van der Waals surface area contributed by atoms with E-state index in [4.69, 9.17) is 4.74 Å². The van der Waals surface area contributed by atoms with Gasteiger partial charge in [0.1, 0.15) is 11.5 Å². The molecule has 94 valence electrons. The van der Waals surface area contributed by atoms with Gasteiger partial charge in [-0.05, 0) is 37.1 Å². The van der Waals surface area contributed by atoms with Crippen LogP contribution in [0.4, 0.5) is 4.39 Å². The quantitative estimate of drug-likeness (QED) is 0.845. The molecule has 0 radical (unpaired) electrons. The van der Waals surface area contributed by atoms with E-state index in [0.717, 1.165) is 16.7 Å². The van der Waals surface area contributed by atoms with Gasteiger partial charge in [0.2, 0.25) is 0 Å². The molecule has 0 unspecified atom stereocenters. The maximum absolute atomic E-state index is 12.9. The first kappa shape index (κ1) is 12.4. The Morgan fingerprint density at radius 3 is 2.61 bits per heavy atom. The lowest BCUT2D eigenvalue weighted by Gasteiger charge is -2.05. The largest absolute Gasteiger partial charge is 0.461 e. The van der Waals surface area contributed by atoms with E-state index in [0.29, 0.717) is 12.3 Å². The van der Waals surface area contributed by atoms with Gasteiger partial charge in [0.15, 0.2) is 0 Å². The highest BCUT2D eigenvalue weighted by Gasteiger charge is 2.17. The van der Waals surface area contributed by atoms with Crippen molar-refractivity contribution < 1.29 is 13.9 Å². The van der Waals surface area contributed by atoms with Gasteiger partial charge in [0, 0.05) is 11.8 Å². The van der Waals surface area contributed by atoms with Crippen molar-refractivity contribution in [3.63, 3.8) is 0 Å². The van der Waals surface area contributed by atoms with Crippen LogP contribution in [0.5, 0.6) is 0 Å². The Morgan fingerprint density at radius 2 is 2.00 bits per heavy atom. The molecule has 2 aromatic rings. The fourth-order valence-corrected chi connectivity index (χ4v) is 1.87. The van der Waals surface area contributed by atoms with Gasteiger partial charge in [0.25, 0.3) is 0 Å². The van der Waals surface area contributed by atoms with Gasteiger partial charge in [-0.2, -0.15) is 0 Å². The van der Waals surface area contributed by atoms with Crippen molar-refractivity contribution >= 4 is 5.97 Å². The standard InChI is InChI=1S/C14H14FNO2/c1-3-18-14(17)13-12(9(2)8-16-13)10-4-6-11(15)7-5-10/h4-8,16H,3H2,1-2H3. The lowest BCUT2D eigenvalue weighted by Crippen LogP contribution is -2.06. The molecule has 18 heavy (non-hydrogen) atoms. The molecule has 0 aliphatic heterocycles. The molecular formula is C14H14FNO2. The normalized spacial score (nSPS) is 10.4. The first-order chi connectivity index (χ1) is 8.63. The second-order valence-corrected chi connectivity index (χ2v) is 3.95. The third-order valence-electron chi connectivity index (χ3n) is 2.69. The molecule has 0 bridgehead atoms. The van der Waals surface area contributed by atoms with E-state index in [2.05, 4.69) is 4.98 Å². The zero-order chi connectivity index (χ0) is 13.1. The van der Waals surface area contributed by atoms with Crippen LogP contribution in [0.15, 0.2) is 30.5 Å². The molecule has 1 aromatic heterocycles. The number of benzene rings is 1. The molecule has 3 nitrogen and oxygen atoms in total. The number of rotatable bonds is 3. The van der Waals surface area contributed by atoms with Crippen molar-refractivity contribution in [3.8, 4) is 11.1 Å². The Hall–Kier alpha value is -2.10. The van der Waals surface area contributed by atoms with E-state index in [1.807, 2.05) is 6.92 Å². The third kappa shape index (κ3) is 2.27. The zero-order valence-electron chi connectivity index (χ0n) is 10.3. The number of nitrogens with one attached hydrogen (secondary N) is 1. The molecular weight excluding hydrogens is 233 g/mol. The summed E-state index contributed by atoms with van der Waals surface area (Å²) in [5, 5.41) is 0. The van der Waals surface area contributed by atoms with Gasteiger partial charge in [-0.3, -0.25) is 0 Å². The van der Waals surface area contributed by atoms with Crippen molar-refractivity contribution in [2.45, 2.75) is 13.8 Å². The van der Waals surface area contributed by atoms with E-state index >= 15 is 0 Å². The highest BCUT2D eigenvalue weighted by Crippen LogP contribution is 2.27. The molecule has 0 fully saturated rings. The van der Waals surface area contributed by atoms with Crippen LogP contribution in [0, 0.1) is 12.7 Å². The number of carbonyl (C=O) groups excluding carboxylic acids is 1. The monoisotopic (exact) mass is 247 g/mol. The summed E-state index contributed by atoms with van der Waals surface area (Å²) in [6, 6.07) is 6.04. The Morgan fingerprint density at radius 1 is 1.33 bits per heavy atom. The number of hydrogen-bond donors (Lipinski definition) is 1. The number of halogens is 1. The maximum atomic E-state index is 12.9. The van der Waals surface area contributed by atoms with E-state index in [9.17, 15) is 9.18 Å². The Bertz CT molecular complexity index is 558. The third-order valence-corrected chi connectivity index (χ3v) is 2.69. The molecule has 0 saturated carbocycles. The highest BCUT2D eigenvalue weighted by atomic mass is 19.1. The summed E-state index contributed by atoms with van der Waals surface area (Å²) in [4.78, 5) is 14.7. The SMILES string of the molecule is CCOC(=O)c1[nH]cc(C)c1-c1ccc(F)cc1. The highest BCUT2D eigenvalue weighted by molar-refractivity contribution is 5.96. The minimum absolute atomic E-state index is 0.301. The molecule has 0 aliphatic rings. The molecule has 4 heteroatoms. The van der Waals surface area contributed by atoms with Crippen molar-refractivity contribution in [2.75, 3.05) is 6.61 Å². The molecule has 0 atom stereocenters. The van der Waals surface area contributed by atoms with Crippen molar-refractivity contribution in [1.29, 1.82) is 0 Å². The van der Waals surface area contributed by atoms with E-state index < -0.39 is 5.97 Å². The smallest absolute Gasteiger partial charge is 0.355 e. The van der Waals surface area contributed by atoms with E-state index in [1.165, 1.54) is 12.1 Å². The minimum atomic E-state index is -0.398. The second kappa shape index (κ2) is 5.04. The summed E-state index contributed by atoms with van der Waals surface area (Å²) < 4.78 is 17.9. The molecule has 2 rings (SSSR count). The lowest BCUT2D eigenvalue weighted by molar-refractivity contribution is 0.0521. The van der Waals surface area contributed by atoms with Crippen LogP contribution in [0.25, 0.3) is 11.1 Å². The zero-order valence-corrected chi connectivity index (χ0v) is 10.3. The van der Waals surface area contributed by atoms with Crippen LogP contribution < -0.4 is 0 Å². The Labute approximate surface area is 105 Å². The number of hydrogen-bond acceptors (Lipinski definition) is 2. The lowest BCUT2D eigenvalue weighted by atomic mass is 10.0. The number of ether oxygens (including phenoxy) is 1. The number of H-pyrrole nitrogens is 1. The Balaban J connectivity index is 2.46. The van der Waals surface area contributed by atoms with Gasteiger partial charge in [-0.15, -0.1) is 0 Å². The van der Waals surface area contributed by atoms with Gasteiger partial charge in [-0.25, -0.2) is 9.18 Å². The number of esters is 1. The summed E-state index contributed by atoms with van der Waals surface area (Å²) in [6.07, 6.45) is 1.74. The van der Waals surface area contributed by atoms with E-state index in [1.54, 1.807) is 25.3 Å². The number of aryl methyl sites for hydroxylation is 1. The van der Waals surface area contributed by atoms with Crippen molar-refractivity contribution in [2.24, 2.45) is 0 Å². The summed E-state index contributed by atoms with van der Waals surface area (Å²) in [5.74, 6) is -0.699. The fraction of sp³-hybridized carbons (Fsp3) is 0.214. The number of aromatic amines is 1. The second-order valence-electron chi connectivity index (χ2n) is 3.95. The van der Waals surface area contributed by atoms with Gasteiger partial charge in [-0.1, -0.05) is 12.1 Å². The molecule has 1 aromatic carbocycles. The first-order valence-corrected chi connectivity index (χ1v) is 5.74. The molecule has 0 saturated heterocycles. The minimum Gasteiger partial charge on any atom is -0.461 e. The molecule has 0 spiro atoms. The van der Waals surface area contributed by atoms with Gasteiger partial charge in [0.05, 0.1) is 6.61 Å². The topological polar surface area (TPSA) is 42.1 Å². The summed E-state index contributed by atoms with van der Waals surface area (Å²) in [6.45, 7) is 3.96. The number of aromatic nitrogens is 1. The average molecular weight is 247 g/mol. The van der Waals surface area contributed by atoms with Crippen LogP contribution in [0.1, 0.15) is 23.0 Å². The first-order valence-electron chi connectivity index (χ1n) is 5.74. The van der Waals surface area contributed by atoms with Crippen molar-refractivity contribution in [1.82, 2.24) is 4.98 Å². The van der Waals surface area contributed by atoms with Crippen LogP contribution in [0.2, 0.25) is 0 Å². The fourth-order valence-electron chi connectivity index (χ4n) is 1.87. The number of carbonyl (C=O) groups is 1. The van der Waals surface area contributed by atoms with Crippen LogP contribution >= 0.6 is 0 Å². The van der Waals surface area contributed by atoms with Crippen LogP contribution in [-0.4, -0.2) is 17.6 Å². The summed E-state index contributed by atoms with van der Waals surface area (Å²) in [5.41, 5.74) is 2.87. The Kier molecular flexibility index (Phi) is 3.46. The van der Waals surface area contributed by atoms with Crippen LogP contribution in [-0.2, 0) is 4.74 Å². The van der Waals surface area contributed by atoms with Gasteiger partial charge < -0.3 is 9.72 Å². The van der Waals surface area contributed by atoms with Crippen molar-refractivity contribution in [3.05, 3.63) is 47.5 Å². The maximum Gasteiger partial charge on any atom is 0.355 e. The van der Waals surface area contributed by atoms with Gasteiger partial charge >= 0.3 is 5.97 Å². The molecule has 1 N–H and O–H groups in total.